The van der Waals surface area contributed by atoms with Gasteiger partial charge in [0.05, 0.1) is 23.3 Å². The lowest BCUT2D eigenvalue weighted by Crippen LogP contribution is -2.44. The summed E-state index contributed by atoms with van der Waals surface area (Å²) in [6, 6.07) is 14.4. The molecule has 52 heavy (non-hydrogen) atoms. The van der Waals surface area contributed by atoms with Gasteiger partial charge in [0.15, 0.2) is 0 Å². The Morgan fingerprint density at radius 3 is 2.40 bits per heavy atom. The Balaban J connectivity index is 0.000000151. The molecule has 1 aliphatic carbocycles. The number of alkyl halides is 1. The third-order valence-electron chi connectivity index (χ3n) is 9.80. The first-order chi connectivity index (χ1) is 25.1. The molecule has 3 aliphatic rings. The number of benzene rings is 1. The van der Waals surface area contributed by atoms with E-state index < -0.39 is 18.1 Å². The standard InChI is InChI=1S/C19H21N5O.C13H13N3O3.C6H12FN/c1-13-6-5-9-16(21-13)19(25)22-18-10-14-12-24(23-17(14)11-20-18)15-7-3-2-4-8-15;1-15-8-4-2-3-5-9(8)16(13(15)19)10-6-7-11(17)14-12(10)18;1-8-4-2-3-6(7)5-8/h5-6,9-12,15H,2-4,7-8H2,1H3,(H,22,25);2-5,10H,6-7H2,1H3,(H,14,17,18);6H,2-5H2,1H3. The van der Waals surface area contributed by atoms with Gasteiger partial charge in [-0.25, -0.2) is 19.2 Å². The first-order valence-electron chi connectivity index (χ1n) is 18.0. The van der Waals surface area contributed by atoms with Gasteiger partial charge in [0.1, 0.15) is 29.2 Å². The normalized spacial score (nSPS) is 19.7. The van der Waals surface area contributed by atoms with Crippen LogP contribution in [0.4, 0.5) is 10.2 Å². The van der Waals surface area contributed by atoms with Crippen LogP contribution in [-0.4, -0.2) is 77.8 Å². The Bertz CT molecular complexity index is 2110. The fraction of sp³-hybridized carbons (Fsp3) is 0.447. The molecule has 2 atom stereocenters. The molecule has 5 aromatic rings. The molecule has 13 nitrogen and oxygen atoms in total. The number of nitrogens with zero attached hydrogens (tertiary/aromatic N) is 7. The van der Waals surface area contributed by atoms with E-state index in [0.29, 0.717) is 36.0 Å². The molecule has 2 saturated heterocycles. The summed E-state index contributed by atoms with van der Waals surface area (Å²) in [6.07, 6.45) is 11.9. The summed E-state index contributed by atoms with van der Waals surface area (Å²) in [5.74, 6) is -0.427. The zero-order valence-corrected chi connectivity index (χ0v) is 29.9. The number of imidazole rings is 1. The molecule has 2 N–H and O–H groups in total. The summed E-state index contributed by atoms with van der Waals surface area (Å²) in [6.45, 7) is 3.57. The van der Waals surface area contributed by atoms with E-state index >= 15 is 0 Å². The highest BCUT2D eigenvalue weighted by Crippen LogP contribution is 2.29. The number of hydrogen-bond acceptors (Lipinski definition) is 8. The molecule has 14 heteroatoms. The third-order valence-corrected chi connectivity index (χ3v) is 9.80. The van der Waals surface area contributed by atoms with E-state index in [2.05, 4.69) is 36.6 Å². The lowest BCUT2D eigenvalue weighted by atomic mass is 9.96. The molecule has 3 amide bonds. The van der Waals surface area contributed by atoms with Crippen LogP contribution in [0.2, 0.25) is 0 Å². The lowest BCUT2D eigenvalue weighted by Gasteiger charge is -2.24. The van der Waals surface area contributed by atoms with Crippen molar-refractivity contribution < 1.29 is 18.8 Å². The molecule has 2 unspecified atom stereocenters. The first kappa shape index (κ1) is 36.5. The minimum absolute atomic E-state index is 0.240. The number of hydrogen-bond donors (Lipinski definition) is 2. The van der Waals surface area contributed by atoms with Gasteiger partial charge in [-0.2, -0.15) is 5.10 Å². The molecule has 8 rings (SSSR count). The van der Waals surface area contributed by atoms with Gasteiger partial charge in [0.2, 0.25) is 11.8 Å². The summed E-state index contributed by atoms with van der Waals surface area (Å²) in [5.41, 5.74) is 3.30. The molecule has 1 aromatic carbocycles. The number of rotatable bonds is 4. The van der Waals surface area contributed by atoms with Crippen LogP contribution >= 0.6 is 0 Å². The van der Waals surface area contributed by atoms with Crippen molar-refractivity contribution in [2.24, 2.45) is 7.05 Å². The summed E-state index contributed by atoms with van der Waals surface area (Å²) in [4.78, 5) is 58.3. The number of anilines is 1. The van der Waals surface area contributed by atoms with Crippen LogP contribution in [0.1, 0.15) is 86.1 Å². The molecular formula is C38H46FN9O4. The van der Waals surface area contributed by atoms with Gasteiger partial charge in [-0.3, -0.25) is 33.5 Å². The maximum absolute atomic E-state index is 12.4. The Labute approximate surface area is 301 Å². The molecule has 0 radical (unpaired) electrons. The van der Waals surface area contributed by atoms with E-state index in [9.17, 15) is 23.6 Å². The second kappa shape index (κ2) is 16.4. The van der Waals surface area contributed by atoms with Crippen molar-refractivity contribution in [2.45, 2.75) is 83.0 Å². The quantitative estimate of drug-likeness (QED) is 0.240. The van der Waals surface area contributed by atoms with Gasteiger partial charge in [-0.05, 0) is 83.0 Å². The smallest absolute Gasteiger partial charge is 0.305 e. The topological polar surface area (TPSA) is 149 Å². The molecule has 274 valence electrons. The highest BCUT2D eigenvalue weighted by Gasteiger charge is 2.31. The Morgan fingerprint density at radius 2 is 1.71 bits per heavy atom. The van der Waals surface area contributed by atoms with Crippen molar-refractivity contribution in [3.8, 4) is 0 Å². The summed E-state index contributed by atoms with van der Waals surface area (Å²) in [5, 5.41) is 10.7. The van der Waals surface area contributed by atoms with E-state index in [0.717, 1.165) is 41.5 Å². The number of fused-ring (bicyclic) bond motifs is 2. The van der Waals surface area contributed by atoms with Crippen LogP contribution in [0.15, 0.2) is 65.7 Å². The van der Waals surface area contributed by atoms with Gasteiger partial charge in [-0.15, -0.1) is 0 Å². The maximum Gasteiger partial charge on any atom is 0.329 e. The summed E-state index contributed by atoms with van der Waals surface area (Å²) < 4.78 is 17.4. The SMILES string of the molecule is CN1CCCC(F)C1.Cc1cccc(C(=O)Nc2cc3cn(C4CCCCC4)nc3cn2)n1.Cn1c(=O)n(C2CCC(=O)NC2=O)c2ccccc21. The number of aromatic nitrogens is 6. The third kappa shape index (κ3) is 8.61. The highest BCUT2D eigenvalue weighted by molar-refractivity contribution is 6.03. The van der Waals surface area contributed by atoms with Gasteiger partial charge in [0.25, 0.3) is 5.91 Å². The molecule has 1 saturated carbocycles. The van der Waals surface area contributed by atoms with Crippen molar-refractivity contribution >= 4 is 45.5 Å². The van der Waals surface area contributed by atoms with Crippen molar-refractivity contribution in [1.82, 2.24) is 39.1 Å². The molecule has 3 fully saturated rings. The predicted molar refractivity (Wildman–Crippen MR) is 197 cm³/mol. The second-order valence-electron chi connectivity index (χ2n) is 13.8. The van der Waals surface area contributed by atoms with Crippen LogP contribution < -0.4 is 16.3 Å². The maximum atomic E-state index is 12.4. The average molecular weight is 712 g/mol. The van der Waals surface area contributed by atoms with Gasteiger partial charge in [-0.1, -0.05) is 37.5 Å². The van der Waals surface area contributed by atoms with Crippen molar-refractivity contribution in [1.29, 1.82) is 0 Å². The molecular weight excluding hydrogens is 665 g/mol. The Morgan fingerprint density at radius 1 is 0.942 bits per heavy atom. The van der Waals surface area contributed by atoms with Crippen LogP contribution in [0.3, 0.4) is 0 Å². The van der Waals surface area contributed by atoms with E-state index in [1.807, 2.05) is 55.3 Å². The van der Waals surface area contributed by atoms with Crippen molar-refractivity contribution in [3.63, 3.8) is 0 Å². The van der Waals surface area contributed by atoms with Gasteiger partial charge >= 0.3 is 5.69 Å². The fourth-order valence-electron chi connectivity index (χ4n) is 7.05. The fourth-order valence-corrected chi connectivity index (χ4v) is 7.05. The van der Waals surface area contributed by atoms with E-state index in [1.54, 1.807) is 25.4 Å². The Kier molecular flexibility index (Phi) is 11.5. The number of aryl methyl sites for hydroxylation is 2. The molecule has 4 aromatic heterocycles. The summed E-state index contributed by atoms with van der Waals surface area (Å²) in [7, 11) is 3.64. The highest BCUT2D eigenvalue weighted by atomic mass is 19.1. The molecule has 6 heterocycles. The zero-order chi connectivity index (χ0) is 36.8. The van der Waals surface area contributed by atoms with E-state index in [4.69, 9.17) is 0 Å². The number of carbonyl (C=O) groups excluding carboxylic acids is 3. The second-order valence-corrected chi connectivity index (χ2v) is 13.8. The average Bonchev–Trinajstić information content (AvgIpc) is 3.67. The van der Waals surface area contributed by atoms with Crippen molar-refractivity contribution in [2.75, 3.05) is 25.5 Å². The molecule has 0 spiro atoms. The zero-order valence-electron chi connectivity index (χ0n) is 29.9. The number of piperidine rings is 2. The number of para-hydroxylation sites is 2. The van der Waals surface area contributed by atoms with Gasteiger partial charge < -0.3 is 10.2 Å². The van der Waals surface area contributed by atoms with Crippen LogP contribution in [0.5, 0.6) is 0 Å². The summed E-state index contributed by atoms with van der Waals surface area (Å²) >= 11 is 0. The number of likely N-dealkylation sites (tertiary alicyclic amines) is 1. The number of nitrogens with one attached hydrogen (secondary N) is 2. The minimum Gasteiger partial charge on any atom is -0.305 e. The number of imide groups is 1. The Hall–Kier alpha value is -5.24. The number of pyridine rings is 2. The van der Waals surface area contributed by atoms with Crippen LogP contribution in [0.25, 0.3) is 21.9 Å². The molecule has 0 bridgehead atoms. The van der Waals surface area contributed by atoms with Crippen LogP contribution in [-0.2, 0) is 16.6 Å². The van der Waals surface area contributed by atoms with Crippen LogP contribution in [0, 0.1) is 6.92 Å². The minimum atomic E-state index is -0.615. The monoisotopic (exact) mass is 711 g/mol. The molecule has 2 aliphatic heterocycles. The largest absolute Gasteiger partial charge is 0.329 e. The number of carbonyl (C=O) groups is 3. The van der Waals surface area contributed by atoms with E-state index in [1.165, 1.54) is 41.2 Å². The van der Waals surface area contributed by atoms with Crippen molar-refractivity contribution in [3.05, 3.63) is 82.8 Å². The number of halogens is 1. The predicted octanol–water partition coefficient (Wildman–Crippen LogP) is 5.26. The van der Waals surface area contributed by atoms with E-state index in [-0.39, 0.29) is 23.9 Å². The van der Waals surface area contributed by atoms with Gasteiger partial charge in [0, 0.05) is 37.3 Å². The lowest BCUT2D eigenvalue weighted by molar-refractivity contribution is -0.135. The first-order valence-corrected chi connectivity index (χ1v) is 18.0. The number of amides is 3.